The molecule has 13 heavy (non-hydrogen) atoms. The highest BCUT2D eigenvalue weighted by Crippen LogP contribution is 2.22. The van der Waals surface area contributed by atoms with E-state index in [1.54, 1.807) is 18.3 Å². The van der Waals surface area contributed by atoms with Crippen molar-refractivity contribution >= 4 is 29.7 Å². The Bertz CT molecular complexity index is 454. The van der Waals surface area contributed by atoms with Gasteiger partial charge in [-0.2, -0.15) is 0 Å². The molecular weight excluding hydrogens is 191 g/mol. The average Bonchev–Trinajstić information content (AvgIpc) is 2.56. The summed E-state index contributed by atoms with van der Waals surface area (Å²) in [5, 5.41) is 0.669. The van der Waals surface area contributed by atoms with Gasteiger partial charge in [0.2, 0.25) is 0 Å². The van der Waals surface area contributed by atoms with E-state index in [1.807, 2.05) is 0 Å². The molecule has 0 aromatic carbocycles. The van der Waals surface area contributed by atoms with Crippen LogP contribution in [0.5, 0.6) is 0 Å². The van der Waals surface area contributed by atoms with Gasteiger partial charge in [-0.25, -0.2) is 8.96 Å². The Morgan fingerprint density at radius 2 is 2.46 bits per heavy atom. The number of hydrogen-bond acceptors (Lipinski definition) is 3. The van der Waals surface area contributed by atoms with E-state index in [0.717, 1.165) is 0 Å². The molecule has 2 rings (SSSR count). The second-order valence-electron chi connectivity index (χ2n) is 2.47. The highest BCUT2D eigenvalue weighted by atomic mass is 32.2. The molecule has 5 heteroatoms. The third kappa shape index (κ3) is 1.21. The molecule has 2 aromatic rings. The summed E-state index contributed by atoms with van der Waals surface area (Å²) in [6.45, 7) is 0. The van der Waals surface area contributed by atoms with E-state index < -0.39 is 0 Å². The summed E-state index contributed by atoms with van der Waals surface area (Å²) in [6.07, 6.45) is 3.68. The second-order valence-corrected chi connectivity index (χ2v) is 3.00. The fraction of sp³-hybridized carbons (Fsp3) is 0. The molecule has 0 aliphatic heterocycles. The first-order valence-electron chi connectivity index (χ1n) is 3.57. The third-order valence-electron chi connectivity index (χ3n) is 1.76. The van der Waals surface area contributed by atoms with E-state index >= 15 is 0 Å². The second kappa shape index (κ2) is 3.18. The van der Waals surface area contributed by atoms with Crippen molar-refractivity contribution in [3.8, 4) is 0 Å². The highest BCUT2D eigenvalue weighted by Gasteiger charge is 2.08. The van der Waals surface area contributed by atoms with Crippen LogP contribution in [-0.4, -0.2) is 15.2 Å². The molecule has 0 saturated carbocycles. The molecule has 0 atom stereocenters. The van der Waals surface area contributed by atoms with Crippen molar-refractivity contribution in [3.63, 3.8) is 0 Å². The van der Waals surface area contributed by atoms with Crippen molar-refractivity contribution in [1.29, 1.82) is 0 Å². The number of nitrogens with zero attached hydrogens (tertiary/aromatic N) is 2. The molecule has 0 fully saturated rings. The van der Waals surface area contributed by atoms with Crippen molar-refractivity contribution in [3.05, 3.63) is 30.1 Å². The summed E-state index contributed by atoms with van der Waals surface area (Å²) in [6, 6.07) is 3.45. The minimum atomic E-state index is 0.0298. The third-order valence-corrected chi connectivity index (χ3v) is 2.19. The summed E-state index contributed by atoms with van der Waals surface area (Å²) < 4.78 is 13.5. The van der Waals surface area contributed by atoms with Gasteiger partial charge < -0.3 is 0 Å². The van der Waals surface area contributed by atoms with Gasteiger partial charge in [-0.3, -0.25) is 4.79 Å². The first-order chi connectivity index (χ1) is 6.36. The lowest BCUT2D eigenvalue weighted by Crippen LogP contribution is -1.81. The smallest absolute Gasteiger partial charge is 0.171 e. The van der Waals surface area contributed by atoms with Crippen LogP contribution in [-0.2, 0) is 0 Å². The summed E-state index contributed by atoms with van der Waals surface area (Å²) in [5.74, 6) is 0. The minimum Gasteiger partial charge on any atom is -0.298 e. The van der Waals surface area contributed by atoms with E-state index in [0.29, 0.717) is 22.9 Å². The van der Waals surface area contributed by atoms with Gasteiger partial charge in [0.1, 0.15) is 0 Å². The van der Waals surface area contributed by atoms with Gasteiger partial charge in [0, 0.05) is 23.3 Å². The summed E-state index contributed by atoms with van der Waals surface area (Å²) in [7, 11) is 0. The van der Waals surface area contributed by atoms with Gasteiger partial charge in [-0.1, -0.05) is 0 Å². The number of carbonyl (C=O) groups is 1. The fourth-order valence-corrected chi connectivity index (χ4v) is 1.57. The normalized spacial score (nSPS) is 10.5. The largest absolute Gasteiger partial charge is 0.298 e. The predicted octanol–water partition coefficient (Wildman–Crippen LogP) is 2.23. The van der Waals surface area contributed by atoms with E-state index in [2.05, 4.69) is 4.98 Å². The number of pyridine rings is 1. The highest BCUT2D eigenvalue weighted by molar-refractivity contribution is 7.92. The summed E-state index contributed by atoms with van der Waals surface area (Å²) >= 11 is 0.0298. The number of aromatic nitrogens is 2. The number of hydrogen-bond donors (Lipinski definition) is 0. The molecule has 0 aliphatic carbocycles. The zero-order valence-electron chi connectivity index (χ0n) is 6.48. The Hall–Kier alpha value is -1.36. The number of halogens is 1. The molecule has 0 bridgehead atoms. The van der Waals surface area contributed by atoms with Crippen LogP contribution in [0.1, 0.15) is 10.4 Å². The molecule has 0 N–H and O–H groups in total. The van der Waals surface area contributed by atoms with Gasteiger partial charge in [0.15, 0.2) is 24.3 Å². The van der Waals surface area contributed by atoms with Gasteiger partial charge in [0.25, 0.3) is 0 Å². The van der Waals surface area contributed by atoms with Crippen LogP contribution in [0.2, 0.25) is 0 Å². The first kappa shape index (κ1) is 8.25. The summed E-state index contributed by atoms with van der Waals surface area (Å²) in [5.41, 5.74) is 0.922. The Kier molecular flexibility index (Phi) is 2.02. The lowest BCUT2D eigenvalue weighted by molar-refractivity contribution is 0.112. The number of fused-ring (bicyclic) bond motifs is 1. The van der Waals surface area contributed by atoms with Crippen molar-refractivity contribution in [1.82, 2.24) is 8.96 Å². The standard InChI is InChI=1S/C8H5FN2OS/c9-13-11-4-6(5-12)7-2-1-3-10-8(7)11/h1-5H. The van der Waals surface area contributed by atoms with Crippen LogP contribution in [0.25, 0.3) is 11.0 Å². The quantitative estimate of drug-likeness (QED) is 0.691. The molecular formula is C8H5FN2OS. The maximum absolute atomic E-state index is 12.3. The first-order valence-corrected chi connectivity index (χ1v) is 4.24. The van der Waals surface area contributed by atoms with E-state index in [9.17, 15) is 8.68 Å². The van der Waals surface area contributed by atoms with E-state index in [-0.39, 0.29) is 12.3 Å². The molecule has 0 radical (unpaired) electrons. The average molecular weight is 196 g/mol. The van der Waals surface area contributed by atoms with Crippen LogP contribution in [0.4, 0.5) is 3.89 Å². The van der Waals surface area contributed by atoms with Gasteiger partial charge in [0.05, 0.1) is 0 Å². The van der Waals surface area contributed by atoms with Crippen molar-refractivity contribution in [2.45, 2.75) is 0 Å². The molecule has 0 unspecified atom stereocenters. The van der Waals surface area contributed by atoms with Crippen LogP contribution in [0.15, 0.2) is 24.5 Å². The summed E-state index contributed by atoms with van der Waals surface area (Å²) in [4.78, 5) is 14.5. The Morgan fingerprint density at radius 1 is 1.62 bits per heavy atom. The lowest BCUT2D eigenvalue weighted by atomic mass is 10.2. The van der Waals surface area contributed by atoms with Crippen molar-refractivity contribution in [2.75, 3.05) is 0 Å². The molecule has 0 spiro atoms. The lowest BCUT2D eigenvalue weighted by Gasteiger charge is -1.92. The monoisotopic (exact) mass is 196 g/mol. The zero-order valence-corrected chi connectivity index (χ0v) is 7.29. The van der Waals surface area contributed by atoms with Crippen LogP contribution < -0.4 is 0 Å². The Labute approximate surface area is 78.0 Å². The van der Waals surface area contributed by atoms with E-state index in [1.165, 1.54) is 10.2 Å². The van der Waals surface area contributed by atoms with Gasteiger partial charge in [-0.15, -0.1) is 3.89 Å². The SMILES string of the molecule is O=Cc1cn(SF)c2ncccc12. The van der Waals surface area contributed by atoms with E-state index in [4.69, 9.17) is 0 Å². The molecule has 0 aliphatic rings. The topological polar surface area (TPSA) is 34.9 Å². The van der Waals surface area contributed by atoms with Gasteiger partial charge in [-0.05, 0) is 12.1 Å². The fourth-order valence-electron chi connectivity index (χ4n) is 1.20. The molecule has 3 nitrogen and oxygen atoms in total. The molecule has 66 valence electrons. The zero-order chi connectivity index (χ0) is 9.26. The number of rotatable bonds is 2. The van der Waals surface area contributed by atoms with Gasteiger partial charge >= 0.3 is 0 Å². The Balaban J connectivity index is 2.81. The van der Waals surface area contributed by atoms with Crippen molar-refractivity contribution < 1.29 is 8.68 Å². The number of carbonyl (C=O) groups excluding carboxylic acids is 1. The van der Waals surface area contributed by atoms with Crippen molar-refractivity contribution in [2.24, 2.45) is 0 Å². The molecule has 0 saturated heterocycles. The number of aldehydes is 1. The van der Waals surface area contributed by atoms with Crippen LogP contribution in [0, 0.1) is 0 Å². The van der Waals surface area contributed by atoms with Crippen LogP contribution >= 0.6 is 12.3 Å². The predicted molar refractivity (Wildman–Crippen MR) is 49.2 cm³/mol. The Morgan fingerprint density at radius 3 is 3.15 bits per heavy atom. The molecule has 2 heterocycles. The minimum absolute atomic E-state index is 0.0298. The molecule has 2 aromatic heterocycles. The molecule has 0 amide bonds. The maximum Gasteiger partial charge on any atom is 0.171 e. The maximum atomic E-state index is 12.3. The van der Waals surface area contributed by atoms with Crippen LogP contribution in [0.3, 0.4) is 0 Å².